The number of nitroso groups, excluding NO2 is 1. The molecule has 0 saturated carbocycles. The highest BCUT2D eigenvalue weighted by molar-refractivity contribution is 5.61. The summed E-state index contributed by atoms with van der Waals surface area (Å²) in [6.07, 6.45) is 2.67. The van der Waals surface area contributed by atoms with Gasteiger partial charge in [-0.25, -0.2) is 0 Å². The van der Waals surface area contributed by atoms with Crippen LogP contribution < -0.4 is 5.32 Å². The van der Waals surface area contributed by atoms with E-state index in [4.69, 9.17) is 0 Å². The van der Waals surface area contributed by atoms with Crippen molar-refractivity contribution in [1.29, 1.82) is 0 Å². The highest BCUT2D eigenvalue weighted by Gasteiger charge is 2.10. The van der Waals surface area contributed by atoms with Gasteiger partial charge >= 0.3 is 0 Å². The van der Waals surface area contributed by atoms with Gasteiger partial charge in [-0.2, -0.15) is 0 Å². The molecule has 1 N–H and O–H groups in total. The molecule has 1 unspecified atom stereocenters. The Labute approximate surface area is 53.3 Å². The maximum absolute atomic E-state index is 9.49. The van der Waals surface area contributed by atoms with Crippen molar-refractivity contribution in [2.75, 3.05) is 13.1 Å². The Morgan fingerprint density at radius 3 is 3.11 bits per heavy atom. The van der Waals surface area contributed by atoms with Crippen LogP contribution in [0, 0.1) is 10.8 Å². The van der Waals surface area contributed by atoms with Crippen LogP contribution in [-0.4, -0.2) is 19.3 Å². The molecule has 1 aliphatic rings. The van der Waals surface area contributed by atoms with Gasteiger partial charge in [-0.15, -0.1) is 10.0 Å². The van der Waals surface area contributed by atoms with Crippen LogP contribution in [0.2, 0.25) is 0 Å². The molecule has 1 rings (SSSR count). The smallest absolute Gasteiger partial charge is 0.0794 e. The van der Waals surface area contributed by atoms with E-state index in [1.54, 1.807) is 6.21 Å². The second kappa shape index (κ2) is 3.29. The summed E-state index contributed by atoms with van der Waals surface area (Å²) in [6.45, 7) is 1.95. The molecule has 0 aromatic carbocycles. The van der Waals surface area contributed by atoms with Gasteiger partial charge in [0.05, 0.1) is 5.29 Å². The first-order valence-electron chi connectivity index (χ1n) is 3.00. The van der Waals surface area contributed by atoms with Crippen LogP contribution in [0.25, 0.3) is 0 Å². The van der Waals surface area contributed by atoms with Gasteiger partial charge in [0.1, 0.15) is 0 Å². The van der Waals surface area contributed by atoms with Crippen molar-refractivity contribution in [2.24, 2.45) is 16.3 Å². The fourth-order valence-corrected chi connectivity index (χ4v) is 0.926. The fraction of sp³-hybridized carbons (Fsp3) is 0.800. The normalized spacial score (nSPS) is 27.3. The second-order valence-electron chi connectivity index (χ2n) is 2.10. The van der Waals surface area contributed by atoms with Gasteiger partial charge in [-0.05, 0) is 13.0 Å². The van der Waals surface area contributed by atoms with Crippen LogP contribution in [0.1, 0.15) is 6.42 Å². The van der Waals surface area contributed by atoms with Crippen molar-refractivity contribution in [1.82, 2.24) is 5.32 Å². The lowest BCUT2D eigenvalue weighted by Crippen LogP contribution is -2.09. The molecular formula is C5H9N3O. The van der Waals surface area contributed by atoms with E-state index in [1.165, 1.54) is 0 Å². The lowest BCUT2D eigenvalue weighted by molar-refractivity contribution is 0.783. The standard InChI is InChI=1S/C5H9N3O/c9-8-7-4-5-1-2-6-3-5/h4-6H,1-3H2. The first-order valence-corrected chi connectivity index (χ1v) is 3.00. The van der Waals surface area contributed by atoms with Gasteiger partial charge in [-0.1, -0.05) is 0 Å². The molecule has 0 aliphatic carbocycles. The Morgan fingerprint density at radius 2 is 2.56 bits per heavy atom. The van der Waals surface area contributed by atoms with Crippen molar-refractivity contribution in [3.8, 4) is 0 Å². The molecule has 1 saturated heterocycles. The Hall–Kier alpha value is -0.770. The van der Waals surface area contributed by atoms with Gasteiger partial charge < -0.3 is 5.32 Å². The summed E-state index contributed by atoms with van der Waals surface area (Å²) in [5.41, 5.74) is 0. The summed E-state index contributed by atoms with van der Waals surface area (Å²) in [7, 11) is 0. The van der Waals surface area contributed by atoms with E-state index < -0.39 is 0 Å². The van der Waals surface area contributed by atoms with E-state index in [0.29, 0.717) is 5.92 Å². The molecule has 1 aliphatic heterocycles. The van der Waals surface area contributed by atoms with Crippen LogP contribution in [0.15, 0.2) is 10.4 Å². The minimum absolute atomic E-state index is 0.419. The average molecular weight is 127 g/mol. The maximum Gasteiger partial charge on any atom is 0.0794 e. The van der Waals surface area contributed by atoms with E-state index in [9.17, 15) is 4.91 Å². The minimum Gasteiger partial charge on any atom is -0.316 e. The first-order chi connectivity index (χ1) is 4.43. The zero-order chi connectivity index (χ0) is 6.53. The molecule has 0 aromatic rings. The molecule has 0 aromatic heterocycles. The van der Waals surface area contributed by atoms with Gasteiger partial charge in [0.15, 0.2) is 0 Å². The maximum atomic E-state index is 9.49. The highest BCUT2D eigenvalue weighted by atomic mass is 16.3. The largest absolute Gasteiger partial charge is 0.316 e. The molecule has 0 amide bonds. The SMILES string of the molecule is O=NN=CC1CCNC1. The minimum atomic E-state index is 0.419. The van der Waals surface area contributed by atoms with E-state index in [2.05, 4.69) is 15.7 Å². The van der Waals surface area contributed by atoms with E-state index >= 15 is 0 Å². The quantitative estimate of drug-likeness (QED) is 0.330. The van der Waals surface area contributed by atoms with Crippen molar-refractivity contribution in [3.05, 3.63) is 4.91 Å². The molecule has 0 bridgehead atoms. The van der Waals surface area contributed by atoms with Crippen LogP contribution >= 0.6 is 0 Å². The van der Waals surface area contributed by atoms with Gasteiger partial charge in [0.25, 0.3) is 0 Å². The van der Waals surface area contributed by atoms with E-state index in [1.807, 2.05) is 0 Å². The summed E-state index contributed by atoms with van der Waals surface area (Å²) in [6, 6.07) is 0. The summed E-state index contributed by atoms with van der Waals surface area (Å²) >= 11 is 0. The topological polar surface area (TPSA) is 53.8 Å². The number of nitrogens with one attached hydrogen (secondary N) is 1. The van der Waals surface area contributed by atoms with Crippen molar-refractivity contribution in [2.45, 2.75) is 6.42 Å². The average Bonchev–Trinajstić information content (AvgIpc) is 2.34. The Bertz CT molecular complexity index is 117. The zero-order valence-electron chi connectivity index (χ0n) is 5.08. The Balaban J connectivity index is 2.25. The Morgan fingerprint density at radius 1 is 1.67 bits per heavy atom. The third kappa shape index (κ3) is 1.89. The molecule has 1 atom stereocenters. The predicted molar refractivity (Wildman–Crippen MR) is 35.3 cm³/mol. The molecule has 1 heterocycles. The lowest BCUT2D eigenvalue weighted by atomic mass is 10.1. The monoisotopic (exact) mass is 127 g/mol. The summed E-state index contributed by atoms with van der Waals surface area (Å²) in [5.74, 6) is 0.419. The number of hydrogen-bond acceptors (Lipinski definition) is 3. The van der Waals surface area contributed by atoms with Crippen molar-refractivity contribution >= 4 is 6.21 Å². The van der Waals surface area contributed by atoms with E-state index in [-0.39, 0.29) is 0 Å². The number of rotatable bonds is 2. The molecule has 4 nitrogen and oxygen atoms in total. The van der Waals surface area contributed by atoms with Crippen LogP contribution in [-0.2, 0) is 0 Å². The molecule has 50 valence electrons. The van der Waals surface area contributed by atoms with Crippen molar-refractivity contribution < 1.29 is 0 Å². The predicted octanol–water partition coefficient (Wildman–Crippen LogP) is 0.348. The fourth-order valence-electron chi connectivity index (χ4n) is 0.926. The number of hydrogen-bond donors (Lipinski definition) is 1. The molecular weight excluding hydrogens is 118 g/mol. The Kier molecular flexibility index (Phi) is 2.32. The number of nitrogens with zero attached hydrogens (tertiary/aromatic N) is 2. The van der Waals surface area contributed by atoms with Gasteiger partial charge in [0.2, 0.25) is 0 Å². The molecule has 9 heavy (non-hydrogen) atoms. The summed E-state index contributed by atoms with van der Waals surface area (Å²) in [5, 5.41) is 8.80. The third-order valence-electron chi connectivity index (χ3n) is 1.42. The molecule has 4 heteroatoms. The van der Waals surface area contributed by atoms with E-state index in [0.717, 1.165) is 19.5 Å². The first kappa shape index (κ1) is 6.35. The van der Waals surface area contributed by atoms with Gasteiger partial charge in [-0.3, -0.25) is 0 Å². The van der Waals surface area contributed by atoms with Gasteiger partial charge in [0, 0.05) is 18.7 Å². The third-order valence-corrected chi connectivity index (χ3v) is 1.42. The van der Waals surface area contributed by atoms with Crippen LogP contribution in [0.4, 0.5) is 0 Å². The molecule has 1 fully saturated rings. The molecule has 0 radical (unpaired) electrons. The second-order valence-corrected chi connectivity index (χ2v) is 2.10. The summed E-state index contributed by atoms with van der Waals surface area (Å²) < 4.78 is 0. The van der Waals surface area contributed by atoms with Crippen LogP contribution in [0.5, 0.6) is 0 Å². The molecule has 0 spiro atoms. The zero-order valence-corrected chi connectivity index (χ0v) is 5.08. The van der Waals surface area contributed by atoms with Crippen LogP contribution in [0.3, 0.4) is 0 Å². The summed E-state index contributed by atoms with van der Waals surface area (Å²) in [4.78, 5) is 9.49. The highest BCUT2D eigenvalue weighted by Crippen LogP contribution is 2.03. The van der Waals surface area contributed by atoms with Crippen molar-refractivity contribution in [3.63, 3.8) is 0 Å². The lowest BCUT2D eigenvalue weighted by Gasteiger charge is -1.93.